The summed E-state index contributed by atoms with van der Waals surface area (Å²) in [5.41, 5.74) is 8.00. The number of aromatic hydroxyl groups is 3. The van der Waals surface area contributed by atoms with E-state index in [4.69, 9.17) is 63.1 Å². The van der Waals surface area contributed by atoms with Crippen LogP contribution in [0.15, 0.2) is 78.9 Å². The van der Waals surface area contributed by atoms with Gasteiger partial charge in [0.25, 0.3) is 0 Å². The van der Waals surface area contributed by atoms with Gasteiger partial charge in [-0.25, -0.2) is 4.79 Å². The van der Waals surface area contributed by atoms with E-state index >= 15 is 14.4 Å². The van der Waals surface area contributed by atoms with Crippen molar-refractivity contribution < 1.29 is 118 Å². The second-order valence-corrected chi connectivity index (χ2v) is 26.5. The molecule has 2 fully saturated rings. The summed E-state index contributed by atoms with van der Waals surface area (Å²) in [4.78, 5) is 117. The molecule has 35 heteroatoms. The minimum absolute atomic E-state index is 0.0975. The van der Waals surface area contributed by atoms with Gasteiger partial charge >= 0.3 is 5.97 Å². The summed E-state index contributed by atoms with van der Waals surface area (Å²) >= 11 is 14.1. The number of phenols is 3. The van der Waals surface area contributed by atoms with Gasteiger partial charge in [-0.15, -0.1) is 0 Å². The maximum Gasteiger partial charge on any atom is 0.330 e. The Hall–Kier alpha value is -9.20. The lowest BCUT2D eigenvalue weighted by Crippen LogP contribution is -2.64. The number of hydrogen-bond acceptors (Lipinski definition) is 25. The molecule has 7 aliphatic rings. The van der Waals surface area contributed by atoms with Gasteiger partial charge in [0.05, 0.1) is 41.3 Å². The lowest BCUT2D eigenvalue weighted by atomic mass is 9.86. The second kappa shape index (κ2) is 30.2. The van der Waals surface area contributed by atoms with Crippen molar-refractivity contribution in [3.05, 3.63) is 117 Å². The van der Waals surface area contributed by atoms with Crippen LogP contribution in [0.1, 0.15) is 105 Å². The molecule has 11 bridgehead atoms. The summed E-state index contributed by atoms with van der Waals surface area (Å²) in [7, 11) is 1.47. The van der Waals surface area contributed by atoms with Crippen molar-refractivity contribution in [3.8, 4) is 57.1 Å². The number of phenolic OH excluding ortho intramolecular Hbond substituents is 3. The minimum Gasteiger partial charge on any atom is -0.508 e. The molecule has 101 heavy (non-hydrogen) atoms. The van der Waals surface area contributed by atoms with Crippen LogP contribution in [0, 0.1) is 5.92 Å². The molecule has 5 aromatic carbocycles. The fraction of sp³-hybridized carbons (Fsp3) is 0.424. The van der Waals surface area contributed by atoms with Crippen LogP contribution in [0.2, 0.25) is 10.0 Å². The van der Waals surface area contributed by atoms with Gasteiger partial charge in [-0.05, 0) is 110 Å². The molecule has 7 amide bonds. The van der Waals surface area contributed by atoms with Crippen LogP contribution < -0.4 is 62.9 Å². The summed E-state index contributed by atoms with van der Waals surface area (Å²) in [5, 5.41) is 131. The van der Waals surface area contributed by atoms with Gasteiger partial charge < -0.3 is 128 Å². The summed E-state index contributed by atoms with van der Waals surface area (Å²) in [6, 6.07) is -0.679. The first-order valence-electron chi connectivity index (χ1n) is 31.6. The fourth-order valence-electron chi connectivity index (χ4n) is 12.5. The Labute approximate surface area is 584 Å². The van der Waals surface area contributed by atoms with E-state index in [9.17, 15) is 75.0 Å². The Morgan fingerprint density at radius 2 is 1.32 bits per heavy atom. The molecule has 7 aliphatic heterocycles. The number of aliphatic hydroxyl groups excluding tert-OH is 6. The number of likely N-dealkylation sites (N-methyl/N-ethyl adjacent to an activating group) is 1. The number of halogens is 2. The first-order valence-corrected chi connectivity index (χ1v) is 32.4. The largest absolute Gasteiger partial charge is 0.508 e. The molecule has 0 aromatic heterocycles. The van der Waals surface area contributed by atoms with Crippen LogP contribution in [0.5, 0.6) is 46.0 Å². The third kappa shape index (κ3) is 15.8. The van der Waals surface area contributed by atoms with Crippen LogP contribution in [0.25, 0.3) is 11.1 Å². The number of aliphatic carboxylic acids is 1. The number of aliphatic hydroxyl groups is 6. The average Bonchev–Trinajstić information content (AvgIpc) is 0.775. The van der Waals surface area contributed by atoms with Crippen molar-refractivity contribution >= 4 is 70.5 Å². The summed E-state index contributed by atoms with van der Waals surface area (Å²) in [6.07, 6.45) is -18.6. The Balaban J connectivity index is 1.24. The van der Waals surface area contributed by atoms with E-state index < -0.39 is 237 Å². The van der Waals surface area contributed by atoms with Crippen LogP contribution in [0.3, 0.4) is 0 Å². The number of amides is 7. The number of carbonyl (C=O) groups is 8. The maximum atomic E-state index is 16.0. The zero-order valence-corrected chi connectivity index (χ0v) is 55.8. The van der Waals surface area contributed by atoms with Crippen molar-refractivity contribution in [2.75, 3.05) is 13.7 Å². The van der Waals surface area contributed by atoms with E-state index in [0.29, 0.717) is 0 Å². The van der Waals surface area contributed by atoms with E-state index in [1.165, 1.54) is 33.0 Å². The Morgan fingerprint density at radius 3 is 1.90 bits per heavy atom. The fourth-order valence-corrected chi connectivity index (χ4v) is 12.9. The van der Waals surface area contributed by atoms with Crippen LogP contribution in [-0.2, 0) is 52.6 Å². The van der Waals surface area contributed by atoms with Crippen molar-refractivity contribution in [3.63, 3.8) is 0 Å². The van der Waals surface area contributed by atoms with E-state index in [1.54, 1.807) is 0 Å². The Kier molecular flexibility index (Phi) is 22.2. The summed E-state index contributed by atoms with van der Waals surface area (Å²) in [5.74, 6) is -16.0. The molecule has 33 nitrogen and oxygen atoms in total. The average molecular weight is 1450 g/mol. The van der Waals surface area contributed by atoms with Crippen LogP contribution in [-0.4, -0.2) is 191 Å². The van der Waals surface area contributed by atoms with Crippen LogP contribution >= 0.6 is 23.2 Å². The Bertz CT molecular complexity index is 4070. The zero-order chi connectivity index (χ0) is 73.5. The molecule has 18 atom stereocenters. The zero-order valence-electron chi connectivity index (χ0n) is 54.3. The topological polar surface area (TPSA) is 530 Å². The van der Waals surface area contributed by atoms with Gasteiger partial charge in [-0.1, -0.05) is 55.2 Å². The highest BCUT2D eigenvalue weighted by Crippen LogP contribution is 2.50. The highest BCUT2D eigenvalue weighted by atomic mass is 35.5. The molecule has 0 spiro atoms. The number of nitrogens with one attached hydrogen (secondary N) is 7. The van der Waals surface area contributed by atoms with E-state index in [-0.39, 0.29) is 46.2 Å². The number of fused-ring (bicyclic) bond motifs is 15. The standard InChI is InChI=1S/C66H75Cl2N9O24/c1-23(2)12-34(71-5)58(88)76-49-51(83)26-7-10-38(32(67)14-26)97-40-16-28-17-41(55(40)101-65-56(54(86)53(85)42(22-78)99-65)100-44-21-66(4,70)57(87)24(3)96-44)98-39-11-8-27(15-33(39)68)52(84)50-63(93)75-48(64(94)95)31-18-29(79)19-37(81)45(31)30-13-25(6-9-36(30)80)46(60(90)77-50)74-61(91)47(28)73-59(89)35(20-43(69)82)72-62(49)92/h6-11,13-19,23-24,34-35,42,44,46-54,56-57,65,71,78-81,83-87H,12,20-22,70H2,1-5H3,(H2,69,82)(H,72,92)(H,73,89)(H,74,91)(H,75,93)(H,76,88)(H,77,90)(H,94,95)/t24-,34-,35+,42+,44-,46-,47-,48-,49?,50+,51-,52-,53+,54-,56+,57+,65-,66-/m1/s1. The van der Waals surface area contributed by atoms with Crippen molar-refractivity contribution in [2.24, 2.45) is 17.4 Å². The smallest absolute Gasteiger partial charge is 0.330 e. The number of benzene rings is 5. The molecule has 12 rings (SSSR count). The number of carbonyl (C=O) groups excluding carboxylic acids is 7. The highest BCUT2D eigenvalue weighted by molar-refractivity contribution is 6.32. The van der Waals surface area contributed by atoms with Crippen molar-refractivity contribution in [2.45, 2.75) is 156 Å². The number of rotatable bonds is 13. The molecule has 0 saturated carbocycles. The van der Waals surface area contributed by atoms with Gasteiger partial charge in [-0.3, -0.25) is 33.6 Å². The molecule has 5 aromatic rings. The monoisotopic (exact) mass is 1450 g/mol. The minimum atomic E-state index is -2.35. The number of nitrogens with two attached hydrogens (primary N) is 2. The number of carboxylic acid groups (broad SMARTS) is 1. The maximum absolute atomic E-state index is 16.0. The molecule has 0 radical (unpaired) electrons. The molecule has 1 unspecified atom stereocenters. The van der Waals surface area contributed by atoms with Gasteiger partial charge in [0, 0.05) is 34.7 Å². The summed E-state index contributed by atoms with van der Waals surface area (Å²) < 4.78 is 38.3. The third-order valence-electron chi connectivity index (χ3n) is 17.8. The van der Waals surface area contributed by atoms with Crippen molar-refractivity contribution in [1.29, 1.82) is 0 Å². The Morgan fingerprint density at radius 1 is 0.713 bits per heavy atom. The second-order valence-electron chi connectivity index (χ2n) is 25.7. The SMILES string of the molecule is CN[C@H](CC(C)C)C(=O)NC1C(=O)N[C@@H](CC(N)=O)C(=O)N[C@H]2C(=O)N[C@H]3C(=O)N[C@H](C(=O)N[C@@H](C(=O)O)c4cc(O)cc(O)c4-c4cc3ccc4O)[C@H](O)c3ccc(c(Cl)c3)Oc3cc2cc(c3O[C@H]2O[C@@H](CO)[C@H](O)[C@@H](O)[C@@H]2O[C@@H]2C[C@@](C)(N)[C@@H](O)[C@@H](C)O2)Oc2ccc(cc2Cl)[C@H]1O. The van der Waals surface area contributed by atoms with Gasteiger partial charge in [0.1, 0.15) is 89.5 Å². The number of carboxylic acids is 1. The van der Waals surface area contributed by atoms with Crippen LogP contribution in [0.4, 0.5) is 0 Å². The predicted molar refractivity (Wildman–Crippen MR) is 349 cm³/mol. The molecule has 7 heterocycles. The van der Waals surface area contributed by atoms with Crippen molar-refractivity contribution in [1.82, 2.24) is 37.2 Å². The molecule has 2 saturated heterocycles. The molecular formula is C66H75Cl2N9O24. The molecular weight excluding hydrogens is 1370 g/mol. The summed E-state index contributed by atoms with van der Waals surface area (Å²) in [6.45, 7) is 5.66. The molecule has 21 N–H and O–H groups in total. The van der Waals surface area contributed by atoms with Gasteiger partial charge in [0.2, 0.25) is 53.4 Å². The molecule has 0 aliphatic carbocycles. The number of hydrogen-bond donors (Lipinski definition) is 19. The van der Waals surface area contributed by atoms with E-state index in [1.807, 2.05) is 13.8 Å². The first kappa shape index (κ1) is 74.5. The highest BCUT2D eigenvalue weighted by Gasteiger charge is 2.51. The third-order valence-corrected chi connectivity index (χ3v) is 18.4. The lowest BCUT2D eigenvalue weighted by molar-refractivity contribution is -0.333. The van der Waals surface area contributed by atoms with E-state index in [2.05, 4.69) is 37.2 Å². The predicted octanol–water partition coefficient (Wildman–Crippen LogP) is 0.106. The quantitative estimate of drug-likeness (QED) is 0.0743. The first-order chi connectivity index (χ1) is 47.7. The number of primary amides is 1. The normalized spacial score (nSPS) is 29.4. The number of ether oxygens (including phenoxy) is 6. The molecule has 542 valence electrons. The lowest BCUT2D eigenvalue weighted by Gasteiger charge is -2.47. The van der Waals surface area contributed by atoms with Gasteiger partial charge in [0.15, 0.2) is 29.9 Å². The van der Waals surface area contributed by atoms with Gasteiger partial charge in [-0.2, -0.15) is 0 Å². The van der Waals surface area contributed by atoms with E-state index in [0.717, 1.165) is 66.7 Å².